The lowest BCUT2D eigenvalue weighted by molar-refractivity contribution is -0.141. The van der Waals surface area contributed by atoms with Gasteiger partial charge < -0.3 is 20.3 Å². The van der Waals surface area contributed by atoms with Crippen LogP contribution < -0.4 is 5.32 Å². The molecule has 7 heteroatoms. The number of carboxylic acid groups (broad SMARTS) is 1. The number of ether oxygens (including phenoxy) is 1. The van der Waals surface area contributed by atoms with Gasteiger partial charge in [0.2, 0.25) is 0 Å². The number of rotatable bonds is 7. The van der Waals surface area contributed by atoms with Crippen molar-refractivity contribution >= 4 is 29.0 Å². The van der Waals surface area contributed by atoms with Crippen molar-refractivity contribution in [1.82, 2.24) is 5.32 Å². The maximum absolute atomic E-state index is 13.2. The minimum absolute atomic E-state index is 0.0246. The molecule has 2 aromatic rings. The second-order valence-corrected chi connectivity index (χ2v) is 7.54. The number of esters is 1. The fraction of sp³-hybridized carbons (Fsp3) is 0.208. The van der Waals surface area contributed by atoms with Crippen molar-refractivity contribution in [2.45, 2.75) is 26.3 Å². The fourth-order valence-corrected chi connectivity index (χ4v) is 3.32. The molecule has 0 saturated heterocycles. The molecule has 0 aliphatic carbocycles. The predicted octanol–water partition coefficient (Wildman–Crippen LogP) is 3.54. The molecule has 1 aliphatic rings. The van der Waals surface area contributed by atoms with E-state index in [1.54, 1.807) is 60.7 Å². The largest absolute Gasteiger partial charge is 0.504 e. The molecule has 0 spiro atoms. The first kappa shape index (κ1) is 21.8. The van der Waals surface area contributed by atoms with Gasteiger partial charge in [-0.3, -0.25) is 4.79 Å². The summed E-state index contributed by atoms with van der Waals surface area (Å²) in [6.45, 7) is 3.69. The highest BCUT2D eigenvalue weighted by Gasteiger charge is 2.36. The number of carboxylic acids is 1. The van der Waals surface area contributed by atoms with Crippen LogP contribution in [-0.2, 0) is 19.1 Å². The third kappa shape index (κ3) is 4.83. The van der Waals surface area contributed by atoms with Crippen molar-refractivity contribution in [3.05, 3.63) is 83.3 Å². The molecule has 0 unspecified atom stereocenters. The van der Waals surface area contributed by atoms with Crippen LogP contribution in [0.4, 0.5) is 0 Å². The summed E-state index contributed by atoms with van der Waals surface area (Å²) in [6, 6.07) is 15.7. The summed E-state index contributed by atoms with van der Waals surface area (Å²) in [7, 11) is 0. The van der Waals surface area contributed by atoms with Crippen LogP contribution in [0.1, 0.15) is 31.4 Å². The van der Waals surface area contributed by atoms with E-state index in [0.717, 1.165) is 0 Å². The molecule has 2 aromatic carbocycles. The first-order valence-electron chi connectivity index (χ1n) is 9.84. The van der Waals surface area contributed by atoms with E-state index in [0.29, 0.717) is 11.1 Å². The zero-order valence-corrected chi connectivity index (χ0v) is 17.2. The van der Waals surface area contributed by atoms with Crippen molar-refractivity contribution in [2.24, 2.45) is 5.92 Å². The number of carbonyl (C=O) groups excluding carboxylic acids is 2. The number of aliphatic hydroxyl groups excluding tert-OH is 1. The van der Waals surface area contributed by atoms with Gasteiger partial charge in [0, 0.05) is 0 Å². The number of amides is 1. The Balaban J connectivity index is 2.11. The number of nitrogens with one attached hydrogen (secondary N) is 1. The Morgan fingerprint density at radius 2 is 1.58 bits per heavy atom. The molecular weight excluding hydrogens is 398 g/mol. The highest BCUT2D eigenvalue weighted by Crippen LogP contribution is 2.36. The smallest absolute Gasteiger partial charge is 0.348 e. The van der Waals surface area contributed by atoms with Gasteiger partial charge in [-0.2, -0.15) is 0 Å². The summed E-state index contributed by atoms with van der Waals surface area (Å²) in [5.41, 5.74) is 0.634. The Kier molecular flexibility index (Phi) is 6.55. The summed E-state index contributed by atoms with van der Waals surface area (Å²) in [4.78, 5) is 37.3. The van der Waals surface area contributed by atoms with E-state index in [1.165, 1.54) is 0 Å². The minimum atomic E-state index is -1.17. The van der Waals surface area contributed by atoms with Crippen LogP contribution >= 0.6 is 0 Å². The molecule has 3 N–H and O–H groups in total. The maximum Gasteiger partial charge on any atom is 0.348 e. The fourth-order valence-electron chi connectivity index (χ4n) is 3.32. The van der Waals surface area contributed by atoms with Gasteiger partial charge in [-0.1, -0.05) is 74.5 Å². The average Bonchev–Trinajstić information content (AvgIpc) is 3.02. The van der Waals surface area contributed by atoms with Gasteiger partial charge in [0.1, 0.15) is 11.6 Å². The first-order chi connectivity index (χ1) is 14.8. The zero-order valence-electron chi connectivity index (χ0n) is 17.2. The second kappa shape index (κ2) is 9.30. The first-order valence-corrected chi connectivity index (χ1v) is 9.84. The average molecular weight is 421 g/mol. The Hall–Kier alpha value is -3.87. The van der Waals surface area contributed by atoms with E-state index in [-0.39, 0.29) is 29.2 Å². The Bertz CT molecular complexity index is 1050. The molecule has 1 aliphatic heterocycles. The number of aliphatic hydroxyl groups is 1. The molecule has 1 heterocycles. The van der Waals surface area contributed by atoms with Crippen molar-refractivity contribution in [1.29, 1.82) is 0 Å². The Morgan fingerprint density at radius 3 is 2.13 bits per heavy atom. The third-order valence-electron chi connectivity index (χ3n) is 4.74. The maximum atomic E-state index is 13.2. The predicted molar refractivity (Wildman–Crippen MR) is 114 cm³/mol. The number of carbonyl (C=O) groups is 3. The number of aliphatic carboxylic acids is 1. The quantitative estimate of drug-likeness (QED) is 0.466. The second-order valence-electron chi connectivity index (χ2n) is 7.54. The number of hydrogen-bond acceptors (Lipinski definition) is 5. The number of hydrogen-bond donors (Lipinski definition) is 3. The van der Waals surface area contributed by atoms with Crippen LogP contribution in [0, 0.1) is 5.92 Å². The molecule has 160 valence electrons. The molecule has 31 heavy (non-hydrogen) atoms. The Labute approximate surface area is 179 Å². The van der Waals surface area contributed by atoms with Gasteiger partial charge in [0.25, 0.3) is 5.91 Å². The Morgan fingerprint density at radius 1 is 1.00 bits per heavy atom. The van der Waals surface area contributed by atoms with Crippen LogP contribution in [0.2, 0.25) is 0 Å². The van der Waals surface area contributed by atoms with Crippen molar-refractivity contribution in [3.8, 4) is 0 Å². The van der Waals surface area contributed by atoms with Gasteiger partial charge in [-0.15, -0.1) is 0 Å². The normalized spacial score (nSPS) is 16.2. The molecule has 1 atom stereocenters. The van der Waals surface area contributed by atoms with Crippen molar-refractivity contribution < 1.29 is 29.3 Å². The lowest BCUT2D eigenvalue weighted by Gasteiger charge is -2.18. The molecule has 7 nitrogen and oxygen atoms in total. The van der Waals surface area contributed by atoms with Crippen LogP contribution in [0.5, 0.6) is 0 Å². The van der Waals surface area contributed by atoms with Gasteiger partial charge in [0.05, 0.1) is 5.57 Å². The van der Waals surface area contributed by atoms with Gasteiger partial charge >= 0.3 is 11.9 Å². The van der Waals surface area contributed by atoms with Crippen LogP contribution in [0.15, 0.2) is 72.2 Å². The minimum Gasteiger partial charge on any atom is -0.504 e. The van der Waals surface area contributed by atoms with Crippen molar-refractivity contribution in [3.63, 3.8) is 0 Å². The van der Waals surface area contributed by atoms with Gasteiger partial charge in [-0.05, 0) is 23.5 Å². The summed E-state index contributed by atoms with van der Waals surface area (Å²) >= 11 is 0. The van der Waals surface area contributed by atoms with E-state index in [9.17, 15) is 24.6 Å². The van der Waals surface area contributed by atoms with E-state index in [2.05, 4.69) is 5.32 Å². The lowest BCUT2D eigenvalue weighted by atomic mass is 9.99. The monoisotopic (exact) mass is 421 g/mol. The standard InChI is InChI=1S/C24H23NO6/c1-14(2)13-17(23(28)29)25-22(27)19(16-11-7-4-8-12-16)21-20(26)18(24(30)31-21)15-9-5-3-6-10-15/h3-12,14,17,26H,13H2,1-2H3,(H,25,27)(H,28,29)/b21-19-/t17-/m0/s1. The zero-order chi connectivity index (χ0) is 22.5. The molecule has 0 fully saturated rings. The van der Waals surface area contributed by atoms with E-state index in [1.807, 2.05) is 13.8 Å². The van der Waals surface area contributed by atoms with E-state index >= 15 is 0 Å². The molecular formula is C24H23NO6. The summed E-state index contributed by atoms with van der Waals surface area (Å²) in [6.07, 6.45) is 0.218. The summed E-state index contributed by atoms with van der Waals surface area (Å²) < 4.78 is 5.31. The number of benzene rings is 2. The molecule has 3 rings (SSSR count). The van der Waals surface area contributed by atoms with Crippen LogP contribution in [0.25, 0.3) is 11.1 Å². The number of cyclic esters (lactones) is 1. The third-order valence-corrected chi connectivity index (χ3v) is 4.74. The van der Waals surface area contributed by atoms with Gasteiger partial charge in [0.15, 0.2) is 11.5 Å². The summed E-state index contributed by atoms with van der Waals surface area (Å²) in [5, 5.41) is 22.8. The highest BCUT2D eigenvalue weighted by molar-refractivity contribution is 6.26. The van der Waals surface area contributed by atoms with Crippen LogP contribution in [0.3, 0.4) is 0 Å². The van der Waals surface area contributed by atoms with E-state index in [4.69, 9.17) is 4.74 Å². The van der Waals surface area contributed by atoms with Crippen LogP contribution in [-0.4, -0.2) is 34.1 Å². The molecule has 0 radical (unpaired) electrons. The molecule has 1 amide bonds. The van der Waals surface area contributed by atoms with E-state index < -0.39 is 29.6 Å². The van der Waals surface area contributed by atoms with Crippen molar-refractivity contribution in [2.75, 3.05) is 0 Å². The van der Waals surface area contributed by atoms with Gasteiger partial charge in [-0.25, -0.2) is 9.59 Å². The lowest BCUT2D eigenvalue weighted by Crippen LogP contribution is -2.42. The highest BCUT2D eigenvalue weighted by atomic mass is 16.6. The summed E-state index contributed by atoms with van der Waals surface area (Å²) in [5.74, 6) is -3.48. The molecule has 0 saturated carbocycles. The molecule has 0 bridgehead atoms. The topological polar surface area (TPSA) is 113 Å². The SMILES string of the molecule is CC(C)C[C@H](NC(=O)/C(=C1\OC(=O)C(c2ccccc2)=C1O)c1ccccc1)C(=O)O. The molecule has 0 aromatic heterocycles.